The molecule has 0 saturated carbocycles. The maximum atomic E-state index is 5.47. The van der Waals surface area contributed by atoms with Crippen molar-refractivity contribution in [2.75, 3.05) is 23.5 Å². The molecule has 0 aromatic carbocycles. The van der Waals surface area contributed by atoms with E-state index in [0.29, 0.717) is 0 Å². The van der Waals surface area contributed by atoms with Gasteiger partial charge in [-0.25, -0.2) is 0 Å². The van der Waals surface area contributed by atoms with Gasteiger partial charge in [-0.1, -0.05) is 26.5 Å². The van der Waals surface area contributed by atoms with Crippen molar-refractivity contribution < 1.29 is 0 Å². The van der Waals surface area contributed by atoms with Gasteiger partial charge in [-0.3, -0.25) is 0 Å². The normalized spacial score (nSPS) is 16.4. The molecule has 4 heteroatoms. The van der Waals surface area contributed by atoms with Crippen LogP contribution in [0.1, 0.15) is 13.8 Å². The summed E-state index contributed by atoms with van der Waals surface area (Å²) >= 11 is 11.1. The van der Waals surface area contributed by atoms with Crippen molar-refractivity contribution in [3.05, 3.63) is 0 Å². The van der Waals surface area contributed by atoms with Gasteiger partial charge in [0.2, 0.25) is 0 Å². The third-order valence-corrected chi connectivity index (χ3v) is 6.24. The molecule has 0 fully saturated rings. The number of rotatable bonds is 6. The lowest BCUT2D eigenvalue weighted by atomic mass is 10.9. The molecule has 0 rings (SSSR count). The lowest BCUT2D eigenvalue weighted by molar-refractivity contribution is 1.33. The Labute approximate surface area is 88.5 Å². The summed E-state index contributed by atoms with van der Waals surface area (Å²) in [5.74, 6) is 3.37. The molecule has 67 valence electrons. The fourth-order valence-corrected chi connectivity index (χ4v) is 4.23. The smallest absolute Gasteiger partial charge is 0.125 e. The van der Waals surface area contributed by atoms with E-state index in [9.17, 15) is 0 Å². The average molecular weight is 227 g/mol. The Morgan fingerprint density at radius 1 is 1.27 bits per heavy atom. The molecule has 0 aromatic rings. The largest absolute Gasteiger partial charge is 0.159 e. The van der Waals surface area contributed by atoms with Crippen LogP contribution in [0.4, 0.5) is 0 Å². The molecule has 0 heterocycles. The van der Waals surface area contributed by atoms with Crippen LogP contribution in [0.25, 0.3) is 0 Å². The van der Waals surface area contributed by atoms with Crippen LogP contribution in [0.3, 0.4) is 0 Å². The van der Waals surface area contributed by atoms with Gasteiger partial charge in [-0.2, -0.15) is 11.8 Å². The Morgan fingerprint density at radius 2 is 1.91 bits per heavy atom. The molecule has 0 aliphatic heterocycles. The number of hydrogen-bond donors (Lipinski definition) is 0. The predicted molar refractivity (Wildman–Crippen MR) is 65.0 cm³/mol. The Balaban J connectivity index is 3.68. The molecule has 0 amide bonds. The van der Waals surface area contributed by atoms with Gasteiger partial charge >= 0.3 is 0 Å². The fraction of sp³-hybridized carbons (Fsp3) is 1.00. The minimum absolute atomic E-state index is 0.0232. The van der Waals surface area contributed by atoms with Crippen molar-refractivity contribution in [2.24, 2.45) is 0 Å². The van der Waals surface area contributed by atoms with Crippen LogP contribution in [0.15, 0.2) is 0 Å². The monoisotopic (exact) mass is 227 g/mol. The predicted octanol–water partition coefficient (Wildman–Crippen LogP) is 3.71. The van der Waals surface area contributed by atoms with Crippen LogP contribution in [0.2, 0.25) is 0 Å². The van der Waals surface area contributed by atoms with E-state index < -0.39 is 0 Å². The lowest BCUT2D eigenvalue weighted by Crippen LogP contribution is -2.15. The van der Waals surface area contributed by atoms with E-state index in [0.717, 1.165) is 11.5 Å². The van der Waals surface area contributed by atoms with E-state index >= 15 is 0 Å². The molecule has 0 aliphatic carbocycles. The summed E-state index contributed by atoms with van der Waals surface area (Å²) in [5.41, 5.74) is 0. The zero-order valence-corrected chi connectivity index (χ0v) is 10.5. The van der Waals surface area contributed by atoms with Crippen LogP contribution in [0.5, 0.6) is 0 Å². The summed E-state index contributed by atoms with van der Waals surface area (Å²) in [6.45, 7) is 4.34. The van der Waals surface area contributed by atoms with Gasteiger partial charge in [0.25, 0.3) is 0 Å². The molecule has 1 unspecified atom stereocenters. The van der Waals surface area contributed by atoms with Crippen LogP contribution in [0, 0.1) is 0 Å². The first-order valence-electron chi connectivity index (χ1n) is 3.65. The van der Waals surface area contributed by atoms with Crippen LogP contribution >= 0.6 is 47.9 Å². The molecular weight excluding hydrogens is 212 g/mol. The SMILES string of the molecule is CCSCC([S])(SC)SCC. The highest BCUT2D eigenvalue weighted by atomic mass is 32.3. The molecule has 11 heavy (non-hydrogen) atoms. The zero-order valence-electron chi connectivity index (χ0n) is 7.25. The topological polar surface area (TPSA) is 0 Å². The van der Waals surface area contributed by atoms with Crippen molar-refractivity contribution in [1.29, 1.82) is 0 Å². The first-order valence-corrected chi connectivity index (χ1v) is 7.43. The van der Waals surface area contributed by atoms with Crippen LogP contribution < -0.4 is 0 Å². The second kappa shape index (κ2) is 6.87. The Kier molecular flexibility index (Phi) is 7.74. The maximum Gasteiger partial charge on any atom is 0.125 e. The summed E-state index contributed by atoms with van der Waals surface area (Å²) in [6, 6.07) is 0. The quantitative estimate of drug-likeness (QED) is 0.635. The Morgan fingerprint density at radius 3 is 2.27 bits per heavy atom. The summed E-state index contributed by atoms with van der Waals surface area (Å²) in [5, 5.41) is 0. The summed E-state index contributed by atoms with van der Waals surface area (Å²) < 4.78 is 0.0232. The number of hydrogen-bond acceptors (Lipinski definition) is 3. The van der Waals surface area contributed by atoms with Gasteiger partial charge in [0.05, 0.1) is 0 Å². The second-order valence-corrected chi connectivity index (χ2v) is 7.37. The van der Waals surface area contributed by atoms with E-state index in [1.54, 1.807) is 11.8 Å². The summed E-state index contributed by atoms with van der Waals surface area (Å²) in [6.07, 6.45) is 2.10. The molecule has 0 aliphatic rings. The molecular formula is C7H15S4. The third-order valence-electron chi connectivity index (χ3n) is 1.16. The van der Waals surface area contributed by atoms with Crippen LogP contribution in [-0.4, -0.2) is 26.9 Å². The van der Waals surface area contributed by atoms with E-state index in [1.165, 1.54) is 5.75 Å². The van der Waals surface area contributed by atoms with Gasteiger partial charge in [-0.15, -0.1) is 23.5 Å². The van der Waals surface area contributed by atoms with E-state index in [1.807, 2.05) is 23.5 Å². The first-order chi connectivity index (χ1) is 5.18. The van der Waals surface area contributed by atoms with Gasteiger partial charge < -0.3 is 0 Å². The second-order valence-electron chi connectivity index (χ2n) is 1.96. The molecule has 0 aromatic heterocycles. The lowest BCUT2D eigenvalue weighted by Gasteiger charge is -2.23. The molecule has 0 bridgehead atoms. The van der Waals surface area contributed by atoms with Gasteiger partial charge in [0.15, 0.2) is 0 Å². The Bertz CT molecular complexity index is 96.4. The molecule has 0 saturated heterocycles. The van der Waals surface area contributed by atoms with Gasteiger partial charge in [-0.05, 0) is 17.8 Å². The van der Waals surface area contributed by atoms with Crippen molar-refractivity contribution in [2.45, 2.75) is 17.3 Å². The molecule has 0 nitrogen and oxygen atoms in total. The van der Waals surface area contributed by atoms with Crippen LogP contribution in [-0.2, 0) is 0 Å². The highest BCUT2D eigenvalue weighted by Gasteiger charge is 2.24. The van der Waals surface area contributed by atoms with Gasteiger partial charge in [0.1, 0.15) is 3.41 Å². The minimum atomic E-state index is 0.0232. The van der Waals surface area contributed by atoms with Crippen molar-refractivity contribution in [3.8, 4) is 0 Å². The first kappa shape index (κ1) is 12.4. The standard InChI is InChI=1S/C7H15S4/c1-4-10-6-7(8,9-3)11-5-2/h4-6H2,1-3H3. The average Bonchev–Trinajstić information content (AvgIpc) is 2.02. The minimum Gasteiger partial charge on any atom is -0.159 e. The van der Waals surface area contributed by atoms with Crippen molar-refractivity contribution >= 4 is 47.9 Å². The van der Waals surface area contributed by atoms with E-state index in [2.05, 4.69) is 20.1 Å². The number of thioether (sulfide) groups is 3. The highest BCUT2D eigenvalue weighted by molar-refractivity contribution is 8.30. The maximum absolute atomic E-state index is 5.47. The molecule has 0 N–H and O–H groups in total. The van der Waals surface area contributed by atoms with E-state index in [-0.39, 0.29) is 3.41 Å². The van der Waals surface area contributed by atoms with E-state index in [4.69, 9.17) is 12.6 Å². The summed E-state index contributed by atoms with van der Waals surface area (Å²) in [4.78, 5) is 0. The third kappa shape index (κ3) is 5.61. The molecule has 1 atom stereocenters. The molecule has 0 spiro atoms. The highest BCUT2D eigenvalue weighted by Crippen LogP contribution is 2.41. The van der Waals surface area contributed by atoms with Crippen molar-refractivity contribution in [3.63, 3.8) is 0 Å². The fourth-order valence-electron chi connectivity index (χ4n) is 0.606. The van der Waals surface area contributed by atoms with Gasteiger partial charge in [0, 0.05) is 5.75 Å². The Hall–Kier alpha value is 1.40. The molecule has 1 radical (unpaired) electrons. The van der Waals surface area contributed by atoms with Crippen molar-refractivity contribution in [1.82, 2.24) is 0 Å². The zero-order chi connectivity index (χ0) is 8.74. The summed E-state index contributed by atoms with van der Waals surface area (Å²) in [7, 11) is 0.